The van der Waals surface area contributed by atoms with Crippen LogP contribution in [0.4, 0.5) is 4.79 Å². The molecule has 0 aliphatic heterocycles. The van der Waals surface area contributed by atoms with Crippen LogP contribution in [0, 0.1) is 5.92 Å². The Balaban J connectivity index is 2.12. The number of amides is 2. The fraction of sp³-hybridized carbons (Fsp3) is 0.833. The summed E-state index contributed by atoms with van der Waals surface area (Å²) in [6.07, 6.45) is 3.55. The highest BCUT2D eigenvalue weighted by Crippen LogP contribution is 2.24. The first-order chi connectivity index (χ1) is 8.63. The molecule has 0 aromatic rings. The third kappa shape index (κ3) is 5.35. The highest BCUT2D eigenvalue weighted by atomic mass is 16.5. The topological polar surface area (TPSA) is 87.7 Å². The molecule has 0 unspecified atom stereocenters. The molecule has 0 saturated heterocycles. The van der Waals surface area contributed by atoms with Crippen LogP contribution in [0.25, 0.3) is 0 Å². The molecule has 0 aromatic carbocycles. The van der Waals surface area contributed by atoms with E-state index in [0.29, 0.717) is 26.0 Å². The Morgan fingerprint density at radius 3 is 2.50 bits per heavy atom. The van der Waals surface area contributed by atoms with Gasteiger partial charge in [0.2, 0.25) is 0 Å². The van der Waals surface area contributed by atoms with Gasteiger partial charge in [-0.25, -0.2) is 4.79 Å². The third-order valence-electron chi connectivity index (χ3n) is 3.22. The van der Waals surface area contributed by atoms with Gasteiger partial charge in [-0.05, 0) is 32.1 Å². The van der Waals surface area contributed by atoms with Crippen LogP contribution in [0.1, 0.15) is 32.1 Å². The lowest BCUT2D eigenvalue weighted by atomic mass is 9.86. The number of methoxy groups -OCH3 is 1. The Hall–Kier alpha value is -1.30. The summed E-state index contributed by atoms with van der Waals surface area (Å²) in [5.41, 5.74) is 0. The number of carbonyl (C=O) groups is 2. The van der Waals surface area contributed by atoms with E-state index in [9.17, 15) is 9.59 Å². The van der Waals surface area contributed by atoms with Crippen molar-refractivity contribution >= 4 is 12.0 Å². The molecule has 18 heavy (non-hydrogen) atoms. The smallest absolute Gasteiger partial charge is 0.315 e. The van der Waals surface area contributed by atoms with Crippen LogP contribution in [-0.2, 0) is 9.53 Å². The first-order valence-electron chi connectivity index (χ1n) is 6.39. The normalized spacial score (nSPS) is 23.4. The number of ether oxygens (including phenoxy) is 1. The molecular weight excluding hydrogens is 236 g/mol. The van der Waals surface area contributed by atoms with E-state index < -0.39 is 5.97 Å². The monoisotopic (exact) mass is 258 g/mol. The minimum atomic E-state index is -0.725. The lowest BCUT2D eigenvalue weighted by Gasteiger charge is -2.26. The van der Waals surface area contributed by atoms with Gasteiger partial charge in [-0.2, -0.15) is 0 Å². The number of urea groups is 1. The maximum Gasteiger partial charge on any atom is 0.315 e. The summed E-state index contributed by atoms with van der Waals surface area (Å²) < 4.78 is 4.88. The first-order valence-corrected chi connectivity index (χ1v) is 6.39. The molecule has 0 bridgehead atoms. The van der Waals surface area contributed by atoms with E-state index >= 15 is 0 Å². The van der Waals surface area contributed by atoms with Gasteiger partial charge in [-0.3, -0.25) is 4.79 Å². The van der Waals surface area contributed by atoms with Gasteiger partial charge in [0.1, 0.15) is 0 Å². The van der Waals surface area contributed by atoms with Crippen LogP contribution in [0.15, 0.2) is 0 Å². The Labute approximate surface area is 107 Å². The molecule has 1 rings (SSSR count). The lowest BCUT2D eigenvalue weighted by Crippen LogP contribution is -2.44. The molecule has 3 N–H and O–H groups in total. The van der Waals surface area contributed by atoms with Crippen LogP contribution in [0.5, 0.6) is 0 Å². The molecule has 0 spiro atoms. The molecule has 1 aliphatic carbocycles. The van der Waals surface area contributed by atoms with Crippen molar-refractivity contribution in [1.29, 1.82) is 0 Å². The standard InChI is InChI=1S/C12H22N2O4/c1-18-8-2-7-13-12(17)14-10-5-3-9(4-6-10)11(15)16/h9-10H,2-8H2,1H3,(H,15,16)(H2,13,14,17). The summed E-state index contributed by atoms with van der Waals surface area (Å²) in [6, 6.07) is -0.0760. The van der Waals surface area contributed by atoms with Gasteiger partial charge < -0.3 is 20.5 Å². The SMILES string of the molecule is COCCCNC(=O)NC1CCC(C(=O)O)CC1. The Morgan fingerprint density at radius 2 is 1.94 bits per heavy atom. The van der Waals surface area contributed by atoms with Crippen molar-refractivity contribution in [3.05, 3.63) is 0 Å². The quantitative estimate of drug-likeness (QED) is 0.619. The van der Waals surface area contributed by atoms with E-state index in [4.69, 9.17) is 9.84 Å². The zero-order chi connectivity index (χ0) is 13.4. The average molecular weight is 258 g/mol. The number of carbonyl (C=O) groups excluding carboxylic acids is 1. The van der Waals surface area contributed by atoms with Crippen LogP contribution in [0.2, 0.25) is 0 Å². The zero-order valence-corrected chi connectivity index (χ0v) is 10.8. The summed E-state index contributed by atoms with van der Waals surface area (Å²) >= 11 is 0. The molecule has 1 aliphatic rings. The first kappa shape index (κ1) is 14.8. The van der Waals surface area contributed by atoms with Crippen LogP contribution in [0.3, 0.4) is 0 Å². The summed E-state index contributed by atoms with van der Waals surface area (Å²) in [5, 5.41) is 14.5. The van der Waals surface area contributed by atoms with Crippen molar-refractivity contribution in [3.63, 3.8) is 0 Å². The Morgan fingerprint density at radius 1 is 1.28 bits per heavy atom. The fourth-order valence-corrected chi connectivity index (χ4v) is 2.14. The second-order valence-electron chi connectivity index (χ2n) is 4.63. The molecule has 104 valence electrons. The second-order valence-corrected chi connectivity index (χ2v) is 4.63. The maximum atomic E-state index is 11.5. The van der Waals surface area contributed by atoms with Gasteiger partial charge in [-0.1, -0.05) is 0 Å². The third-order valence-corrected chi connectivity index (χ3v) is 3.22. The summed E-state index contributed by atoms with van der Waals surface area (Å²) in [4.78, 5) is 22.3. The predicted octanol–water partition coefficient (Wildman–Crippen LogP) is 0.965. The molecular formula is C12H22N2O4. The predicted molar refractivity (Wildman–Crippen MR) is 66.4 cm³/mol. The van der Waals surface area contributed by atoms with E-state index in [1.54, 1.807) is 7.11 Å². The molecule has 0 atom stereocenters. The number of hydrogen-bond acceptors (Lipinski definition) is 3. The van der Waals surface area contributed by atoms with Crippen molar-refractivity contribution in [2.75, 3.05) is 20.3 Å². The van der Waals surface area contributed by atoms with Gasteiger partial charge in [0, 0.05) is 26.3 Å². The van der Waals surface area contributed by atoms with Crippen molar-refractivity contribution in [3.8, 4) is 0 Å². The molecule has 0 heterocycles. The van der Waals surface area contributed by atoms with Crippen LogP contribution >= 0.6 is 0 Å². The van der Waals surface area contributed by atoms with Crippen molar-refractivity contribution in [2.45, 2.75) is 38.1 Å². The van der Waals surface area contributed by atoms with Gasteiger partial charge in [0.05, 0.1) is 5.92 Å². The van der Waals surface area contributed by atoms with Gasteiger partial charge >= 0.3 is 12.0 Å². The molecule has 0 aromatic heterocycles. The second kappa shape index (κ2) is 7.92. The number of aliphatic carboxylic acids is 1. The van der Waals surface area contributed by atoms with Crippen molar-refractivity contribution < 1.29 is 19.4 Å². The fourth-order valence-electron chi connectivity index (χ4n) is 2.14. The molecule has 2 amide bonds. The molecule has 1 saturated carbocycles. The van der Waals surface area contributed by atoms with E-state index in [-0.39, 0.29) is 18.0 Å². The summed E-state index contributed by atoms with van der Waals surface area (Å²) in [6.45, 7) is 1.22. The van der Waals surface area contributed by atoms with E-state index in [0.717, 1.165) is 19.3 Å². The van der Waals surface area contributed by atoms with Crippen molar-refractivity contribution in [2.24, 2.45) is 5.92 Å². The summed E-state index contributed by atoms with van der Waals surface area (Å²) in [7, 11) is 1.63. The number of rotatable bonds is 6. The van der Waals surface area contributed by atoms with Crippen LogP contribution < -0.4 is 10.6 Å². The van der Waals surface area contributed by atoms with E-state index in [1.165, 1.54) is 0 Å². The minimum absolute atomic E-state index is 0.100. The average Bonchev–Trinajstić information content (AvgIpc) is 2.35. The number of hydrogen-bond donors (Lipinski definition) is 3. The number of carboxylic acids is 1. The number of nitrogens with one attached hydrogen (secondary N) is 2. The molecule has 6 nitrogen and oxygen atoms in total. The lowest BCUT2D eigenvalue weighted by molar-refractivity contribution is -0.142. The Kier molecular flexibility index (Phi) is 6.49. The molecule has 6 heteroatoms. The van der Waals surface area contributed by atoms with Gasteiger partial charge in [0.25, 0.3) is 0 Å². The minimum Gasteiger partial charge on any atom is -0.481 e. The Bertz CT molecular complexity index is 275. The molecule has 1 fully saturated rings. The maximum absolute atomic E-state index is 11.5. The largest absolute Gasteiger partial charge is 0.481 e. The van der Waals surface area contributed by atoms with Gasteiger partial charge in [-0.15, -0.1) is 0 Å². The summed E-state index contributed by atoms with van der Waals surface area (Å²) in [5.74, 6) is -0.967. The van der Waals surface area contributed by atoms with E-state index in [1.807, 2.05) is 0 Å². The highest BCUT2D eigenvalue weighted by molar-refractivity contribution is 5.74. The van der Waals surface area contributed by atoms with E-state index in [2.05, 4.69) is 10.6 Å². The number of carboxylic acid groups (broad SMARTS) is 1. The van der Waals surface area contributed by atoms with Crippen LogP contribution in [-0.4, -0.2) is 43.4 Å². The zero-order valence-electron chi connectivity index (χ0n) is 10.8. The molecule has 0 radical (unpaired) electrons. The highest BCUT2D eigenvalue weighted by Gasteiger charge is 2.26. The van der Waals surface area contributed by atoms with Gasteiger partial charge in [0.15, 0.2) is 0 Å². The van der Waals surface area contributed by atoms with Crippen molar-refractivity contribution in [1.82, 2.24) is 10.6 Å².